The van der Waals surface area contributed by atoms with Crippen molar-refractivity contribution in [3.63, 3.8) is 0 Å². The summed E-state index contributed by atoms with van der Waals surface area (Å²) in [6.45, 7) is 4.78. The Kier molecular flexibility index (Phi) is 9.56. The van der Waals surface area contributed by atoms with Crippen LogP contribution in [0.1, 0.15) is 35.1 Å². The third-order valence-electron chi connectivity index (χ3n) is 7.08. The van der Waals surface area contributed by atoms with Crippen LogP contribution >= 0.6 is 11.6 Å². The highest BCUT2D eigenvalue weighted by Crippen LogP contribution is 2.43. The van der Waals surface area contributed by atoms with E-state index >= 15 is 0 Å². The van der Waals surface area contributed by atoms with E-state index in [9.17, 15) is 13.8 Å². The lowest BCUT2D eigenvalue weighted by molar-refractivity contribution is -0.149. The van der Waals surface area contributed by atoms with Gasteiger partial charge < -0.3 is 20.1 Å². The summed E-state index contributed by atoms with van der Waals surface area (Å²) >= 11 is 6.70. The number of halogens is 1. The molecule has 1 fully saturated rings. The van der Waals surface area contributed by atoms with Crippen LogP contribution < -0.4 is 5.73 Å². The lowest BCUT2D eigenvalue weighted by atomic mass is 9.86. The van der Waals surface area contributed by atoms with Crippen molar-refractivity contribution in [1.82, 2.24) is 4.90 Å². The molecule has 1 amide bonds. The lowest BCUT2D eigenvalue weighted by Gasteiger charge is -2.39. The molecule has 2 N–H and O–H groups in total. The van der Waals surface area contributed by atoms with Gasteiger partial charge in [0.2, 0.25) is 0 Å². The molecule has 1 unspecified atom stereocenters. The van der Waals surface area contributed by atoms with Gasteiger partial charge in [-0.2, -0.15) is 0 Å². The first kappa shape index (κ1) is 30.3. The van der Waals surface area contributed by atoms with Gasteiger partial charge in [-0.1, -0.05) is 71.8 Å². The Labute approximate surface area is 248 Å². The maximum Gasteiger partial charge on any atom is 0.410 e. The average Bonchev–Trinajstić information content (AvgIpc) is 3.16. The Morgan fingerprint density at radius 1 is 1.07 bits per heavy atom. The Morgan fingerprint density at radius 3 is 2.46 bits per heavy atom. The molecule has 2 aliphatic heterocycles. The molecule has 2 aliphatic rings. The Morgan fingerprint density at radius 2 is 1.78 bits per heavy atom. The van der Waals surface area contributed by atoms with E-state index in [2.05, 4.69) is 6.07 Å². The number of aryl methyl sites for hydroxylation is 2. The number of nitrogens with zero attached hydrogens (tertiary/aromatic N) is 1. The molecule has 3 aromatic rings. The molecule has 0 bridgehead atoms. The predicted molar refractivity (Wildman–Crippen MR) is 164 cm³/mol. The number of benzene rings is 3. The van der Waals surface area contributed by atoms with Gasteiger partial charge in [-0.3, -0.25) is 4.21 Å². The van der Waals surface area contributed by atoms with E-state index in [-0.39, 0.29) is 13.2 Å². The van der Waals surface area contributed by atoms with E-state index in [1.807, 2.05) is 68.4 Å². The highest BCUT2D eigenvalue weighted by atomic mass is 35.5. The summed E-state index contributed by atoms with van der Waals surface area (Å²) in [4.78, 5) is 27.6. The lowest BCUT2D eigenvalue weighted by Crippen LogP contribution is -2.53. The van der Waals surface area contributed by atoms with Gasteiger partial charge in [-0.05, 0) is 61.1 Å². The Hall–Kier alpha value is -3.62. The predicted octanol–water partition coefficient (Wildman–Crippen LogP) is 6.02. The van der Waals surface area contributed by atoms with Crippen molar-refractivity contribution in [3.05, 3.63) is 99.7 Å². The van der Waals surface area contributed by atoms with Gasteiger partial charge in [-0.25, -0.2) is 9.59 Å². The van der Waals surface area contributed by atoms with Crippen LogP contribution in [0.3, 0.4) is 0 Å². The van der Waals surface area contributed by atoms with Crippen LogP contribution in [0, 0.1) is 13.8 Å². The number of piperidine rings is 1. The van der Waals surface area contributed by atoms with Gasteiger partial charge in [0.15, 0.2) is 5.60 Å². The molecule has 41 heavy (non-hydrogen) atoms. The van der Waals surface area contributed by atoms with Gasteiger partial charge in [0.25, 0.3) is 0 Å². The molecule has 0 saturated carbocycles. The zero-order chi connectivity index (χ0) is 29.7. The van der Waals surface area contributed by atoms with E-state index < -0.39 is 28.5 Å². The molecular formula is C32H35ClN2O5S. The second-order valence-corrected chi connectivity index (χ2v) is 12.4. The number of rotatable bonds is 4. The van der Waals surface area contributed by atoms with Crippen molar-refractivity contribution >= 4 is 40.0 Å². The van der Waals surface area contributed by atoms with Crippen LogP contribution in [0.25, 0.3) is 16.7 Å². The van der Waals surface area contributed by atoms with E-state index in [0.29, 0.717) is 41.2 Å². The quantitative estimate of drug-likeness (QED) is 0.371. The topological polar surface area (TPSA) is 98.9 Å². The Balaban J connectivity index is 0.000000909. The molecule has 216 valence electrons. The smallest absolute Gasteiger partial charge is 0.410 e. The molecule has 5 rings (SSSR count). The summed E-state index contributed by atoms with van der Waals surface area (Å²) in [6.07, 6.45) is 3.99. The third-order valence-corrected chi connectivity index (χ3v) is 7.40. The van der Waals surface area contributed by atoms with Crippen LogP contribution in [0.4, 0.5) is 4.79 Å². The number of esters is 1. The summed E-state index contributed by atoms with van der Waals surface area (Å²) < 4.78 is 21.0. The zero-order valence-corrected chi connectivity index (χ0v) is 25.3. The molecule has 1 spiro atoms. The number of amides is 1. The number of hydrogen-bond acceptors (Lipinski definition) is 6. The number of ether oxygens (including phenoxy) is 2. The first-order valence-electron chi connectivity index (χ1n) is 13.3. The highest BCUT2D eigenvalue weighted by Gasteiger charge is 2.50. The first-order valence-corrected chi connectivity index (χ1v) is 15.7. The van der Waals surface area contributed by atoms with Crippen molar-refractivity contribution in [1.29, 1.82) is 0 Å². The normalized spacial score (nSPS) is 18.3. The van der Waals surface area contributed by atoms with Gasteiger partial charge in [0.1, 0.15) is 6.61 Å². The van der Waals surface area contributed by atoms with E-state index in [4.69, 9.17) is 26.8 Å². The molecule has 0 radical (unpaired) electrons. The van der Waals surface area contributed by atoms with Crippen LogP contribution in [-0.2, 0) is 31.7 Å². The molecular weight excluding hydrogens is 560 g/mol. The second kappa shape index (κ2) is 12.9. The first-order chi connectivity index (χ1) is 19.5. The monoisotopic (exact) mass is 594 g/mol. The standard InChI is InChI=1S/C30H29ClN2O4.C2H6OS/c1-19-8-6-11-22(14-19)24-15-20(2)23(16-25(24)31)26-27(32)30(37-28(26)34)12-7-13-33(18-30)29(35)36-17-21-9-4-3-5-10-21;1-4(2)3/h3-6,8-11,14-16H,7,12-13,17-18,32H2,1-2H3;1-2H3. The summed E-state index contributed by atoms with van der Waals surface area (Å²) in [5.41, 5.74) is 11.6. The minimum atomic E-state index is -1.08. The maximum absolute atomic E-state index is 13.2. The zero-order valence-electron chi connectivity index (χ0n) is 23.7. The summed E-state index contributed by atoms with van der Waals surface area (Å²) in [6, 6.07) is 21.3. The van der Waals surface area contributed by atoms with E-state index in [1.54, 1.807) is 23.5 Å². The number of carbonyl (C=O) groups excluding carboxylic acids is 2. The molecule has 0 aromatic heterocycles. The minimum absolute atomic E-state index is 0.149. The average molecular weight is 595 g/mol. The van der Waals surface area contributed by atoms with E-state index in [1.165, 1.54) is 0 Å². The van der Waals surface area contributed by atoms with Crippen molar-refractivity contribution in [2.45, 2.75) is 38.9 Å². The fourth-order valence-corrected chi connectivity index (χ4v) is 5.43. The number of likely N-dealkylation sites (tertiary alicyclic amines) is 1. The fourth-order valence-electron chi connectivity index (χ4n) is 5.15. The maximum atomic E-state index is 13.2. The minimum Gasteiger partial charge on any atom is -0.447 e. The van der Waals surface area contributed by atoms with Gasteiger partial charge in [0, 0.05) is 40.4 Å². The highest BCUT2D eigenvalue weighted by molar-refractivity contribution is 7.83. The van der Waals surface area contributed by atoms with E-state index in [0.717, 1.165) is 27.8 Å². The van der Waals surface area contributed by atoms with Gasteiger partial charge >= 0.3 is 12.1 Å². The summed E-state index contributed by atoms with van der Waals surface area (Å²) in [5.74, 6) is -0.500. The van der Waals surface area contributed by atoms with Gasteiger partial charge in [0.05, 0.1) is 17.8 Å². The van der Waals surface area contributed by atoms with Crippen LogP contribution in [0.15, 0.2) is 72.4 Å². The number of hydrogen-bond donors (Lipinski definition) is 1. The SMILES string of the molecule is CS(C)=O.Cc1cccc(-c2cc(C)c(C3=C(N)C4(CCCN(C(=O)OCc5ccccc5)C4)OC3=O)cc2Cl)c1. The summed E-state index contributed by atoms with van der Waals surface area (Å²) in [7, 11) is -0.611. The van der Waals surface area contributed by atoms with Crippen molar-refractivity contribution < 1.29 is 23.3 Å². The molecule has 1 saturated heterocycles. The van der Waals surface area contributed by atoms with Crippen molar-refractivity contribution in [2.24, 2.45) is 5.73 Å². The fraction of sp³-hybridized carbons (Fsp3) is 0.312. The molecule has 9 heteroatoms. The number of carbonyl (C=O) groups is 2. The van der Waals surface area contributed by atoms with Crippen LogP contribution in [0.2, 0.25) is 5.02 Å². The molecule has 0 aliphatic carbocycles. The Bertz CT molecular complexity index is 1500. The molecule has 7 nitrogen and oxygen atoms in total. The van der Waals surface area contributed by atoms with Crippen LogP contribution in [0.5, 0.6) is 0 Å². The van der Waals surface area contributed by atoms with Crippen molar-refractivity contribution in [2.75, 3.05) is 25.6 Å². The third kappa shape index (κ3) is 7.00. The molecule has 2 heterocycles. The summed E-state index contributed by atoms with van der Waals surface area (Å²) in [5, 5.41) is 0.523. The molecule has 1 atom stereocenters. The second-order valence-electron chi connectivity index (χ2n) is 10.5. The van der Waals surface area contributed by atoms with Gasteiger partial charge in [-0.15, -0.1) is 0 Å². The largest absolute Gasteiger partial charge is 0.447 e. The number of nitrogens with two attached hydrogens (primary N) is 1. The van der Waals surface area contributed by atoms with Crippen molar-refractivity contribution in [3.8, 4) is 11.1 Å². The van der Waals surface area contributed by atoms with Crippen LogP contribution in [-0.4, -0.2) is 52.4 Å². The molecule has 3 aromatic carbocycles.